The smallest absolute Gasteiger partial charge is 0.142 e. The minimum absolute atomic E-state index is 0.119. The van der Waals surface area contributed by atoms with Gasteiger partial charge in [0.1, 0.15) is 23.7 Å². The molecular weight excluding hydrogens is 264 g/mol. The van der Waals surface area contributed by atoms with E-state index >= 15 is 0 Å². The molecule has 0 spiro atoms. The highest BCUT2D eigenvalue weighted by Gasteiger charge is 2.50. The van der Waals surface area contributed by atoms with Crippen molar-refractivity contribution in [3.8, 4) is 11.5 Å². The summed E-state index contributed by atoms with van der Waals surface area (Å²) in [6, 6.07) is 0. The van der Waals surface area contributed by atoms with E-state index in [9.17, 15) is 5.11 Å². The molecule has 2 unspecified atom stereocenters. The monoisotopic (exact) mass is 280 g/mol. The Morgan fingerprint density at radius 3 is 2.26 bits per heavy atom. The number of halogens is 1. The molecule has 2 heterocycles. The summed E-state index contributed by atoms with van der Waals surface area (Å²) in [7, 11) is 0. The number of rotatable bonds is 1. The van der Waals surface area contributed by atoms with Gasteiger partial charge in [0.15, 0.2) is 0 Å². The SMILES string of the molecule is CC1Cc2c(c(Cl)c3c(c2C2(O)CC2)OC(C)C3)O1. The Hall–Kier alpha value is -0.930. The molecule has 0 radical (unpaired) electrons. The maximum Gasteiger partial charge on any atom is 0.142 e. The van der Waals surface area contributed by atoms with E-state index in [-0.39, 0.29) is 12.2 Å². The van der Waals surface area contributed by atoms with E-state index in [1.54, 1.807) is 0 Å². The van der Waals surface area contributed by atoms with Gasteiger partial charge in [-0.1, -0.05) is 11.6 Å². The first kappa shape index (κ1) is 11.9. The van der Waals surface area contributed by atoms with Crippen molar-refractivity contribution in [2.24, 2.45) is 0 Å². The van der Waals surface area contributed by atoms with Gasteiger partial charge >= 0.3 is 0 Å². The lowest BCUT2D eigenvalue weighted by Gasteiger charge is -2.18. The van der Waals surface area contributed by atoms with E-state index in [0.29, 0.717) is 5.02 Å². The maximum atomic E-state index is 10.6. The Bertz CT molecular complexity index is 538. The number of hydrogen-bond donors (Lipinski definition) is 1. The third kappa shape index (κ3) is 1.55. The first-order chi connectivity index (χ1) is 8.99. The fourth-order valence-corrected chi connectivity index (χ4v) is 3.64. The van der Waals surface area contributed by atoms with Crippen LogP contribution in [0.15, 0.2) is 0 Å². The Kier molecular flexibility index (Phi) is 2.24. The number of aliphatic hydroxyl groups is 1. The van der Waals surface area contributed by atoms with Crippen LogP contribution in [0.25, 0.3) is 0 Å². The van der Waals surface area contributed by atoms with Crippen LogP contribution in [-0.4, -0.2) is 17.3 Å². The third-order valence-corrected chi connectivity index (χ3v) is 4.75. The second kappa shape index (κ2) is 3.58. The van der Waals surface area contributed by atoms with Gasteiger partial charge in [-0.25, -0.2) is 0 Å². The fraction of sp³-hybridized carbons (Fsp3) is 0.600. The van der Waals surface area contributed by atoms with Crippen molar-refractivity contribution in [2.45, 2.75) is 57.3 Å². The van der Waals surface area contributed by atoms with Gasteiger partial charge in [0.25, 0.3) is 0 Å². The lowest BCUT2D eigenvalue weighted by Crippen LogP contribution is -2.12. The summed E-state index contributed by atoms with van der Waals surface area (Å²) in [4.78, 5) is 0. The van der Waals surface area contributed by atoms with E-state index in [4.69, 9.17) is 21.1 Å². The van der Waals surface area contributed by atoms with Crippen molar-refractivity contribution in [1.82, 2.24) is 0 Å². The van der Waals surface area contributed by atoms with E-state index in [0.717, 1.165) is 53.9 Å². The minimum Gasteiger partial charge on any atom is -0.490 e. The van der Waals surface area contributed by atoms with Crippen molar-refractivity contribution in [1.29, 1.82) is 0 Å². The Labute approximate surface area is 117 Å². The van der Waals surface area contributed by atoms with Gasteiger partial charge < -0.3 is 14.6 Å². The predicted octanol–water partition coefficient (Wildman–Crippen LogP) is 2.97. The lowest BCUT2D eigenvalue weighted by molar-refractivity contribution is 0.143. The van der Waals surface area contributed by atoms with Crippen LogP contribution in [0.2, 0.25) is 5.02 Å². The van der Waals surface area contributed by atoms with Crippen LogP contribution >= 0.6 is 11.6 Å². The molecule has 19 heavy (non-hydrogen) atoms. The molecule has 1 aromatic rings. The summed E-state index contributed by atoms with van der Waals surface area (Å²) in [5, 5.41) is 11.3. The van der Waals surface area contributed by atoms with Gasteiger partial charge in [-0.3, -0.25) is 0 Å². The zero-order valence-corrected chi connectivity index (χ0v) is 11.9. The molecule has 4 rings (SSSR count). The lowest BCUT2D eigenvalue weighted by atomic mass is 9.93. The summed E-state index contributed by atoms with van der Waals surface area (Å²) in [5.74, 6) is 1.61. The Balaban J connectivity index is 2.00. The van der Waals surface area contributed by atoms with E-state index in [2.05, 4.69) is 0 Å². The standard InChI is InChI=1S/C15H17ClO3/c1-7-5-9-11(15(17)3-4-15)13-10(6-8(2)18-13)12(16)14(9)19-7/h7-8,17H,3-6H2,1-2H3. The molecule has 0 amide bonds. The van der Waals surface area contributed by atoms with Gasteiger partial charge in [0.2, 0.25) is 0 Å². The molecule has 2 aliphatic heterocycles. The van der Waals surface area contributed by atoms with E-state index in [1.165, 1.54) is 0 Å². The number of fused-ring (bicyclic) bond motifs is 2. The number of hydrogen-bond acceptors (Lipinski definition) is 3. The van der Waals surface area contributed by atoms with Crippen LogP contribution in [0.4, 0.5) is 0 Å². The topological polar surface area (TPSA) is 38.7 Å². The van der Waals surface area contributed by atoms with Crippen LogP contribution in [0.3, 0.4) is 0 Å². The minimum atomic E-state index is -0.712. The largest absolute Gasteiger partial charge is 0.490 e. The highest BCUT2D eigenvalue weighted by atomic mass is 35.5. The van der Waals surface area contributed by atoms with Gasteiger partial charge in [-0.2, -0.15) is 0 Å². The molecular formula is C15H17ClO3. The molecule has 102 valence electrons. The van der Waals surface area contributed by atoms with Crippen molar-refractivity contribution in [3.63, 3.8) is 0 Å². The highest BCUT2D eigenvalue weighted by Crippen LogP contribution is 2.58. The highest BCUT2D eigenvalue weighted by molar-refractivity contribution is 6.33. The average molecular weight is 281 g/mol. The van der Waals surface area contributed by atoms with Crippen molar-refractivity contribution >= 4 is 11.6 Å². The third-order valence-electron chi connectivity index (χ3n) is 4.35. The zero-order chi connectivity index (χ0) is 13.4. The molecule has 1 aliphatic carbocycles. The summed E-state index contributed by atoms with van der Waals surface area (Å²) < 4.78 is 11.8. The van der Waals surface area contributed by atoms with Gasteiger partial charge in [0, 0.05) is 29.5 Å². The number of benzene rings is 1. The molecule has 1 fully saturated rings. The molecule has 4 heteroatoms. The van der Waals surface area contributed by atoms with Crippen molar-refractivity contribution < 1.29 is 14.6 Å². The summed E-state index contributed by atoms with van der Waals surface area (Å²) >= 11 is 6.49. The van der Waals surface area contributed by atoms with Crippen LogP contribution in [-0.2, 0) is 18.4 Å². The summed E-state index contributed by atoms with van der Waals surface area (Å²) in [6.45, 7) is 4.07. The first-order valence-electron chi connectivity index (χ1n) is 6.93. The van der Waals surface area contributed by atoms with Crippen LogP contribution < -0.4 is 9.47 Å². The van der Waals surface area contributed by atoms with Crippen molar-refractivity contribution in [3.05, 3.63) is 21.7 Å². The van der Waals surface area contributed by atoms with Crippen molar-refractivity contribution in [2.75, 3.05) is 0 Å². The van der Waals surface area contributed by atoms with Gasteiger partial charge in [-0.05, 0) is 26.7 Å². The quantitative estimate of drug-likeness (QED) is 0.859. The zero-order valence-electron chi connectivity index (χ0n) is 11.1. The Morgan fingerprint density at radius 2 is 1.63 bits per heavy atom. The first-order valence-corrected chi connectivity index (χ1v) is 7.31. The summed E-state index contributed by atoms with van der Waals surface area (Å²) in [6.07, 6.45) is 3.45. The molecule has 3 nitrogen and oxygen atoms in total. The average Bonchev–Trinajstić information content (AvgIpc) is 2.79. The molecule has 2 atom stereocenters. The van der Waals surface area contributed by atoms with Gasteiger partial charge in [0.05, 0.1) is 10.6 Å². The van der Waals surface area contributed by atoms with E-state index in [1.807, 2.05) is 13.8 Å². The molecule has 0 aromatic heterocycles. The molecule has 0 saturated heterocycles. The second-order valence-corrected chi connectivity index (χ2v) is 6.48. The van der Waals surface area contributed by atoms with E-state index < -0.39 is 5.60 Å². The van der Waals surface area contributed by atoms with Crippen LogP contribution in [0.5, 0.6) is 11.5 Å². The number of ether oxygens (including phenoxy) is 2. The molecule has 1 N–H and O–H groups in total. The molecule has 3 aliphatic rings. The van der Waals surface area contributed by atoms with Gasteiger partial charge in [-0.15, -0.1) is 0 Å². The van der Waals surface area contributed by atoms with Crippen LogP contribution in [0.1, 0.15) is 43.4 Å². The maximum absolute atomic E-state index is 10.6. The molecule has 0 bridgehead atoms. The second-order valence-electron chi connectivity index (χ2n) is 6.10. The van der Waals surface area contributed by atoms with Crippen LogP contribution in [0, 0.1) is 0 Å². The summed E-state index contributed by atoms with van der Waals surface area (Å²) in [5.41, 5.74) is 2.31. The Morgan fingerprint density at radius 1 is 1.05 bits per heavy atom. The normalized spacial score (nSPS) is 29.5. The fourth-order valence-electron chi connectivity index (χ4n) is 3.32. The predicted molar refractivity (Wildman–Crippen MR) is 72.2 cm³/mol. The molecule has 1 aromatic carbocycles. The molecule has 1 saturated carbocycles.